The number of hydrogen-bond donors (Lipinski definition) is 2. The summed E-state index contributed by atoms with van der Waals surface area (Å²) >= 11 is 11.7. The van der Waals surface area contributed by atoms with Crippen molar-refractivity contribution in [2.75, 3.05) is 6.61 Å². The van der Waals surface area contributed by atoms with Crippen molar-refractivity contribution in [2.45, 2.75) is 26.0 Å². The number of aliphatic hydroxyl groups excluding tert-OH is 1. The zero-order valence-electron chi connectivity index (χ0n) is 11.0. The van der Waals surface area contributed by atoms with Crippen LogP contribution in [0.4, 0.5) is 0 Å². The fourth-order valence-corrected chi connectivity index (χ4v) is 2.16. The highest BCUT2D eigenvalue weighted by Gasteiger charge is 2.31. The molecule has 0 saturated heterocycles. The van der Waals surface area contributed by atoms with E-state index in [-0.39, 0.29) is 17.2 Å². The normalized spacial score (nSPS) is 13.4. The number of nitrogens with one attached hydrogen (secondary N) is 1. The van der Waals surface area contributed by atoms with E-state index in [0.717, 1.165) is 0 Å². The van der Waals surface area contributed by atoms with E-state index in [9.17, 15) is 14.7 Å². The number of benzene rings is 1. The molecule has 1 aromatic carbocycles. The second-order valence-corrected chi connectivity index (χ2v) is 4.88. The fraction of sp³-hybridized carbons (Fsp3) is 0.385. The van der Waals surface area contributed by atoms with Crippen molar-refractivity contribution < 1.29 is 19.4 Å². The molecule has 1 rings (SSSR count). The molecule has 1 amide bonds. The van der Waals surface area contributed by atoms with Gasteiger partial charge in [0.2, 0.25) is 5.91 Å². The van der Waals surface area contributed by atoms with Crippen molar-refractivity contribution in [1.82, 2.24) is 5.32 Å². The number of rotatable bonds is 5. The maximum absolute atomic E-state index is 11.8. The second kappa shape index (κ2) is 7.47. The smallest absolute Gasteiger partial charge is 0.331 e. The molecule has 0 fully saturated rings. The Bertz CT molecular complexity index is 507. The number of halogens is 2. The molecule has 20 heavy (non-hydrogen) atoms. The maximum Gasteiger partial charge on any atom is 0.331 e. The molecule has 0 aliphatic rings. The Morgan fingerprint density at radius 1 is 1.40 bits per heavy atom. The Hall–Kier alpha value is -1.30. The number of carbonyl (C=O) groups is 2. The molecule has 1 aromatic rings. The molecular weight excluding hydrogens is 305 g/mol. The van der Waals surface area contributed by atoms with E-state index in [1.54, 1.807) is 6.92 Å². The molecule has 0 spiro atoms. The van der Waals surface area contributed by atoms with Gasteiger partial charge in [-0.3, -0.25) is 4.79 Å². The third-order valence-electron chi connectivity index (χ3n) is 2.50. The van der Waals surface area contributed by atoms with E-state index >= 15 is 0 Å². The van der Waals surface area contributed by atoms with Crippen molar-refractivity contribution >= 4 is 35.1 Å². The van der Waals surface area contributed by atoms with E-state index in [4.69, 9.17) is 27.9 Å². The van der Waals surface area contributed by atoms with Gasteiger partial charge in [-0.05, 0) is 19.1 Å². The van der Waals surface area contributed by atoms with Gasteiger partial charge in [-0.1, -0.05) is 29.3 Å². The van der Waals surface area contributed by atoms with Gasteiger partial charge in [0.15, 0.2) is 6.04 Å². The Morgan fingerprint density at radius 2 is 2.05 bits per heavy atom. The van der Waals surface area contributed by atoms with Crippen LogP contribution < -0.4 is 5.32 Å². The Labute approximate surface area is 126 Å². The average molecular weight is 320 g/mol. The summed E-state index contributed by atoms with van der Waals surface area (Å²) in [4.78, 5) is 23.0. The fourth-order valence-electron chi connectivity index (χ4n) is 1.64. The maximum atomic E-state index is 11.8. The lowest BCUT2D eigenvalue weighted by Crippen LogP contribution is -2.45. The van der Waals surface area contributed by atoms with Crippen LogP contribution in [0, 0.1) is 0 Å². The van der Waals surface area contributed by atoms with Crippen LogP contribution in [-0.2, 0) is 14.3 Å². The lowest BCUT2D eigenvalue weighted by atomic mass is 10.0. The minimum absolute atomic E-state index is 0.135. The molecule has 2 N–H and O–H groups in total. The van der Waals surface area contributed by atoms with E-state index < -0.39 is 24.0 Å². The number of amides is 1. The Balaban J connectivity index is 3.05. The summed E-state index contributed by atoms with van der Waals surface area (Å²) in [6, 6.07) is 3.23. The summed E-state index contributed by atoms with van der Waals surface area (Å²) in [5, 5.41) is 13.2. The zero-order chi connectivity index (χ0) is 15.3. The van der Waals surface area contributed by atoms with Crippen LogP contribution in [0.3, 0.4) is 0 Å². The number of carbonyl (C=O) groups excluding carboxylic acids is 2. The SMILES string of the molecule is CCOC(=O)C(NC(C)=O)C(O)c1ccc(Cl)cc1Cl. The summed E-state index contributed by atoms with van der Waals surface area (Å²) in [6.45, 7) is 3.00. The third-order valence-corrected chi connectivity index (χ3v) is 3.06. The number of ether oxygens (including phenoxy) is 1. The summed E-state index contributed by atoms with van der Waals surface area (Å²) in [5.74, 6) is -1.20. The lowest BCUT2D eigenvalue weighted by molar-refractivity contribution is -0.150. The molecule has 0 aliphatic carbocycles. The topological polar surface area (TPSA) is 75.6 Å². The van der Waals surface area contributed by atoms with Gasteiger partial charge < -0.3 is 15.2 Å². The van der Waals surface area contributed by atoms with Gasteiger partial charge in [0, 0.05) is 22.5 Å². The van der Waals surface area contributed by atoms with Crippen LogP contribution in [0.2, 0.25) is 10.0 Å². The quantitative estimate of drug-likeness (QED) is 0.815. The molecule has 2 unspecified atom stereocenters. The van der Waals surface area contributed by atoms with Crippen molar-refractivity contribution in [2.24, 2.45) is 0 Å². The molecule has 5 nitrogen and oxygen atoms in total. The van der Waals surface area contributed by atoms with E-state index in [1.165, 1.54) is 25.1 Å². The predicted octanol–water partition coefficient (Wildman–Crippen LogP) is 2.09. The van der Waals surface area contributed by atoms with E-state index in [0.29, 0.717) is 5.02 Å². The van der Waals surface area contributed by atoms with Gasteiger partial charge in [-0.2, -0.15) is 0 Å². The van der Waals surface area contributed by atoms with Gasteiger partial charge in [-0.25, -0.2) is 4.79 Å². The summed E-state index contributed by atoms with van der Waals surface area (Å²) in [7, 11) is 0. The van der Waals surface area contributed by atoms with E-state index in [2.05, 4.69) is 5.32 Å². The van der Waals surface area contributed by atoms with Gasteiger partial charge >= 0.3 is 5.97 Å². The zero-order valence-corrected chi connectivity index (χ0v) is 12.5. The first-order valence-electron chi connectivity index (χ1n) is 5.93. The molecule has 110 valence electrons. The molecule has 0 bridgehead atoms. The van der Waals surface area contributed by atoms with Crippen LogP contribution >= 0.6 is 23.2 Å². The van der Waals surface area contributed by atoms with Crippen LogP contribution in [0.15, 0.2) is 18.2 Å². The summed E-state index contributed by atoms with van der Waals surface area (Å²) in [5.41, 5.74) is 0.280. The van der Waals surface area contributed by atoms with Gasteiger partial charge in [-0.15, -0.1) is 0 Å². The highest BCUT2D eigenvalue weighted by molar-refractivity contribution is 6.35. The molecular formula is C13H15Cl2NO4. The number of hydrogen-bond acceptors (Lipinski definition) is 4. The molecule has 0 heterocycles. The Kier molecular flexibility index (Phi) is 6.26. The second-order valence-electron chi connectivity index (χ2n) is 4.04. The van der Waals surface area contributed by atoms with Crippen LogP contribution in [0.5, 0.6) is 0 Å². The van der Waals surface area contributed by atoms with Gasteiger partial charge in [0.05, 0.1) is 6.61 Å². The van der Waals surface area contributed by atoms with Crippen molar-refractivity contribution in [3.63, 3.8) is 0 Å². The monoisotopic (exact) mass is 319 g/mol. The molecule has 7 heteroatoms. The van der Waals surface area contributed by atoms with E-state index in [1.807, 2.05) is 0 Å². The highest BCUT2D eigenvalue weighted by atomic mass is 35.5. The molecule has 0 aliphatic heterocycles. The van der Waals surface area contributed by atoms with Crippen LogP contribution in [-0.4, -0.2) is 29.6 Å². The summed E-state index contributed by atoms with van der Waals surface area (Å²) in [6.07, 6.45) is -1.33. The molecule has 0 saturated carbocycles. The van der Waals surface area contributed by atoms with Crippen molar-refractivity contribution in [3.05, 3.63) is 33.8 Å². The Morgan fingerprint density at radius 3 is 2.55 bits per heavy atom. The number of aliphatic hydroxyl groups is 1. The minimum Gasteiger partial charge on any atom is -0.464 e. The van der Waals surface area contributed by atoms with Crippen LogP contribution in [0.1, 0.15) is 25.5 Å². The highest BCUT2D eigenvalue weighted by Crippen LogP contribution is 2.28. The standard InChI is InChI=1S/C13H15Cl2NO4/c1-3-20-13(19)11(16-7(2)17)12(18)9-5-4-8(14)6-10(9)15/h4-6,11-12,18H,3H2,1-2H3,(H,16,17). The van der Waals surface area contributed by atoms with Crippen molar-refractivity contribution in [3.8, 4) is 0 Å². The van der Waals surface area contributed by atoms with Gasteiger partial charge in [0.1, 0.15) is 6.10 Å². The predicted molar refractivity (Wildman–Crippen MR) is 75.7 cm³/mol. The average Bonchev–Trinajstić information content (AvgIpc) is 2.35. The lowest BCUT2D eigenvalue weighted by Gasteiger charge is -2.23. The van der Waals surface area contributed by atoms with Crippen molar-refractivity contribution in [1.29, 1.82) is 0 Å². The molecule has 0 radical (unpaired) electrons. The van der Waals surface area contributed by atoms with Gasteiger partial charge in [0.25, 0.3) is 0 Å². The minimum atomic E-state index is -1.33. The first-order valence-corrected chi connectivity index (χ1v) is 6.69. The third kappa shape index (κ3) is 4.37. The number of esters is 1. The first kappa shape index (κ1) is 16.8. The first-order chi connectivity index (χ1) is 9.36. The van der Waals surface area contributed by atoms with Crippen LogP contribution in [0.25, 0.3) is 0 Å². The molecule has 2 atom stereocenters. The summed E-state index contributed by atoms with van der Waals surface area (Å²) < 4.78 is 4.83. The molecule has 0 aromatic heterocycles. The largest absolute Gasteiger partial charge is 0.464 e.